The van der Waals surface area contributed by atoms with Crippen LogP contribution in [0.5, 0.6) is 0 Å². The lowest BCUT2D eigenvalue weighted by molar-refractivity contribution is 0.0480. The second-order valence-corrected chi connectivity index (χ2v) is 6.03. The highest BCUT2D eigenvalue weighted by atomic mass is 16.5. The van der Waals surface area contributed by atoms with Crippen LogP contribution in [-0.2, 0) is 21.3 Å². The molecule has 3 nitrogen and oxygen atoms in total. The first-order valence-electron chi connectivity index (χ1n) is 7.77. The topological polar surface area (TPSA) is 35.5 Å². The number of benzene rings is 2. The number of carbonyl (C=O) groups is 1. The Labute approximate surface area is 131 Å². The number of methoxy groups -OCH3 is 2. The van der Waals surface area contributed by atoms with Gasteiger partial charge < -0.3 is 9.47 Å². The maximum Gasteiger partial charge on any atom is 0.178 e. The van der Waals surface area contributed by atoms with Gasteiger partial charge in [0.05, 0.1) is 13.2 Å². The summed E-state index contributed by atoms with van der Waals surface area (Å²) in [7, 11) is 3.29. The molecule has 116 valence electrons. The van der Waals surface area contributed by atoms with E-state index >= 15 is 0 Å². The first-order chi connectivity index (χ1) is 10.7. The Morgan fingerprint density at radius 3 is 2.41 bits per heavy atom. The van der Waals surface area contributed by atoms with E-state index in [1.54, 1.807) is 14.2 Å². The molecule has 2 aromatic rings. The number of aryl methyl sites for hydroxylation is 1. The summed E-state index contributed by atoms with van der Waals surface area (Å²) < 4.78 is 10.9. The van der Waals surface area contributed by atoms with Crippen LogP contribution in [0.3, 0.4) is 0 Å². The summed E-state index contributed by atoms with van der Waals surface area (Å²) >= 11 is 0. The van der Waals surface area contributed by atoms with Gasteiger partial charge in [0.25, 0.3) is 0 Å². The van der Waals surface area contributed by atoms with Gasteiger partial charge in [-0.25, -0.2) is 0 Å². The van der Waals surface area contributed by atoms with E-state index in [-0.39, 0.29) is 5.78 Å². The molecule has 0 N–H and O–H groups in total. The lowest BCUT2D eigenvalue weighted by atomic mass is 9.78. The molecule has 0 spiro atoms. The lowest BCUT2D eigenvalue weighted by Crippen LogP contribution is -2.42. The van der Waals surface area contributed by atoms with Gasteiger partial charge in [0, 0.05) is 19.8 Å². The van der Waals surface area contributed by atoms with Gasteiger partial charge in [-0.15, -0.1) is 0 Å². The molecule has 3 heteroatoms. The summed E-state index contributed by atoms with van der Waals surface area (Å²) in [5.74, 6) is 0.125. The van der Waals surface area contributed by atoms with Crippen molar-refractivity contribution in [3.8, 4) is 0 Å². The summed E-state index contributed by atoms with van der Waals surface area (Å²) in [5, 5.41) is 2.21. The first-order valence-corrected chi connectivity index (χ1v) is 7.77. The number of hydrogen-bond acceptors (Lipinski definition) is 3. The molecule has 0 aromatic heterocycles. The lowest BCUT2D eigenvalue weighted by Gasteiger charge is -2.29. The Morgan fingerprint density at radius 2 is 1.77 bits per heavy atom. The fourth-order valence-electron chi connectivity index (χ4n) is 3.82. The van der Waals surface area contributed by atoms with E-state index in [0.717, 1.165) is 34.7 Å². The minimum atomic E-state index is -0.711. The molecule has 0 fully saturated rings. The molecule has 2 aromatic carbocycles. The molecule has 0 aliphatic heterocycles. The number of carbonyl (C=O) groups excluding carboxylic acids is 1. The van der Waals surface area contributed by atoms with Crippen LogP contribution in [0.2, 0.25) is 0 Å². The summed E-state index contributed by atoms with van der Waals surface area (Å²) in [4.78, 5) is 13.2. The van der Waals surface area contributed by atoms with Crippen molar-refractivity contribution in [1.82, 2.24) is 0 Å². The molecule has 0 amide bonds. The van der Waals surface area contributed by atoms with Crippen LogP contribution in [-0.4, -0.2) is 33.2 Å². The van der Waals surface area contributed by atoms with E-state index in [1.807, 2.05) is 12.1 Å². The monoisotopic (exact) mass is 298 g/mol. The minimum absolute atomic E-state index is 0.125. The highest BCUT2D eigenvalue weighted by molar-refractivity contribution is 6.21. The molecule has 0 bridgehead atoms. The van der Waals surface area contributed by atoms with Gasteiger partial charge in [0.2, 0.25) is 0 Å². The van der Waals surface area contributed by atoms with E-state index in [2.05, 4.69) is 25.1 Å². The van der Waals surface area contributed by atoms with Gasteiger partial charge in [-0.1, -0.05) is 43.7 Å². The minimum Gasteiger partial charge on any atom is -0.383 e. The van der Waals surface area contributed by atoms with Gasteiger partial charge in [-0.05, 0) is 28.3 Å². The van der Waals surface area contributed by atoms with Gasteiger partial charge in [0.1, 0.15) is 5.41 Å². The van der Waals surface area contributed by atoms with Crippen molar-refractivity contribution in [2.75, 3.05) is 27.4 Å². The second kappa shape index (κ2) is 5.82. The Bertz CT molecular complexity index is 712. The third-order valence-corrected chi connectivity index (χ3v) is 4.59. The highest BCUT2D eigenvalue weighted by Gasteiger charge is 2.48. The SMILES string of the molecule is CCCc1ccc2cccc3c2c1C(COC)(COC)C3=O. The third kappa shape index (κ3) is 2.00. The molecule has 0 radical (unpaired) electrons. The van der Waals surface area contributed by atoms with Crippen LogP contribution in [0.15, 0.2) is 30.3 Å². The predicted octanol–water partition coefficient (Wildman–Crippen LogP) is 3.52. The number of rotatable bonds is 6. The van der Waals surface area contributed by atoms with Crippen molar-refractivity contribution in [3.05, 3.63) is 47.0 Å². The third-order valence-electron chi connectivity index (χ3n) is 4.59. The van der Waals surface area contributed by atoms with Crippen LogP contribution in [0.1, 0.15) is 34.8 Å². The summed E-state index contributed by atoms with van der Waals surface area (Å²) in [5.41, 5.74) is 2.45. The van der Waals surface area contributed by atoms with E-state index < -0.39 is 5.41 Å². The fraction of sp³-hybridized carbons (Fsp3) is 0.421. The van der Waals surface area contributed by atoms with Crippen LogP contribution in [0.25, 0.3) is 10.8 Å². The number of Topliss-reactive ketones (excluding diaryl/α,β-unsaturated/α-hetero) is 1. The largest absolute Gasteiger partial charge is 0.383 e. The normalized spacial score (nSPS) is 15.7. The van der Waals surface area contributed by atoms with Crippen LogP contribution < -0.4 is 0 Å². The molecule has 1 aliphatic rings. The summed E-state index contributed by atoms with van der Waals surface area (Å²) in [6, 6.07) is 10.2. The quantitative estimate of drug-likeness (QED) is 0.818. The number of hydrogen-bond donors (Lipinski definition) is 0. The molecule has 0 saturated heterocycles. The van der Waals surface area contributed by atoms with E-state index in [4.69, 9.17) is 9.47 Å². The van der Waals surface area contributed by atoms with Crippen molar-refractivity contribution in [1.29, 1.82) is 0 Å². The van der Waals surface area contributed by atoms with Crippen molar-refractivity contribution in [2.24, 2.45) is 0 Å². The fourth-order valence-corrected chi connectivity index (χ4v) is 3.82. The van der Waals surface area contributed by atoms with E-state index in [9.17, 15) is 4.79 Å². The first kappa shape index (κ1) is 15.2. The van der Waals surface area contributed by atoms with Crippen molar-refractivity contribution < 1.29 is 14.3 Å². The molecular formula is C19H22O3. The number of ether oxygens (including phenoxy) is 2. The molecule has 1 aliphatic carbocycles. The van der Waals surface area contributed by atoms with Crippen molar-refractivity contribution >= 4 is 16.6 Å². The molecule has 0 unspecified atom stereocenters. The number of ketones is 1. The van der Waals surface area contributed by atoms with Crippen LogP contribution in [0.4, 0.5) is 0 Å². The zero-order valence-electron chi connectivity index (χ0n) is 13.4. The van der Waals surface area contributed by atoms with Gasteiger partial charge in [0.15, 0.2) is 5.78 Å². The Morgan fingerprint density at radius 1 is 1.05 bits per heavy atom. The zero-order valence-corrected chi connectivity index (χ0v) is 13.4. The van der Waals surface area contributed by atoms with Gasteiger partial charge in [-0.2, -0.15) is 0 Å². The molecule has 0 heterocycles. The standard InChI is InChI=1S/C19H22O3/c1-4-6-14-10-9-13-7-5-8-15-16(13)17(14)19(11-21-2,12-22-3)18(15)20/h5,7-10H,4,6,11-12H2,1-3H3. The smallest absolute Gasteiger partial charge is 0.178 e. The zero-order chi connectivity index (χ0) is 15.7. The summed E-state index contributed by atoms with van der Waals surface area (Å²) in [6.07, 6.45) is 2.01. The predicted molar refractivity (Wildman–Crippen MR) is 87.7 cm³/mol. The highest BCUT2D eigenvalue weighted by Crippen LogP contribution is 2.45. The molecule has 3 rings (SSSR count). The maximum absolute atomic E-state index is 13.2. The van der Waals surface area contributed by atoms with Crippen LogP contribution >= 0.6 is 0 Å². The second-order valence-electron chi connectivity index (χ2n) is 6.03. The van der Waals surface area contributed by atoms with Crippen LogP contribution in [0, 0.1) is 0 Å². The van der Waals surface area contributed by atoms with Gasteiger partial charge >= 0.3 is 0 Å². The Balaban J connectivity index is 2.35. The molecule has 22 heavy (non-hydrogen) atoms. The van der Waals surface area contributed by atoms with E-state index in [0.29, 0.717) is 13.2 Å². The summed E-state index contributed by atoms with van der Waals surface area (Å²) in [6.45, 7) is 2.86. The maximum atomic E-state index is 13.2. The van der Waals surface area contributed by atoms with Gasteiger partial charge in [-0.3, -0.25) is 4.79 Å². The molecule has 0 saturated carbocycles. The average molecular weight is 298 g/mol. The molecule has 0 atom stereocenters. The molecular weight excluding hydrogens is 276 g/mol. The van der Waals surface area contributed by atoms with E-state index in [1.165, 1.54) is 5.56 Å². The average Bonchev–Trinajstić information content (AvgIpc) is 2.76. The van der Waals surface area contributed by atoms with Crippen molar-refractivity contribution in [3.63, 3.8) is 0 Å². The van der Waals surface area contributed by atoms with Crippen molar-refractivity contribution in [2.45, 2.75) is 25.2 Å². The Kier molecular flexibility index (Phi) is 4.02. The Hall–Kier alpha value is -1.71.